The molecule has 63 heavy (non-hydrogen) atoms. The van der Waals surface area contributed by atoms with E-state index in [1.165, 1.54) is 99.8 Å². The van der Waals surface area contributed by atoms with Gasteiger partial charge in [0, 0.05) is 22.5 Å². The second kappa shape index (κ2) is 13.4. The molecule has 0 amide bonds. The molecule has 3 aliphatic rings. The van der Waals surface area contributed by atoms with Crippen molar-refractivity contribution in [1.82, 2.24) is 0 Å². The summed E-state index contributed by atoms with van der Waals surface area (Å²) in [6, 6.07) is 83.8. The van der Waals surface area contributed by atoms with Crippen LogP contribution in [0.5, 0.6) is 0 Å². The first-order chi connectivity index (χ1) is 31.0. The molecule has 1 spiro atoms. The Bertz CT molecular complexity index is 3430. The maximum absolute atomic E-state index is 2.50. The minimum Gasteiger partial charge on any atom is -0.310 e. The number of hydrogen-bond donors (Lipinski definition) is 0. The van der Waals surface area contributed by atoms with Gasteiger partial charge >= 0.3 is 0 Å². The Kier molecular flexibility index (Phi) is 7.64. The number of nitrogens with zero attached hydrogens (tertiary/aromatic N) is 1. The van der Waals surface area contributed by atoms with Gasteiger partial charge in [0.25, 0.3) is 0 Å². The first-order valence-electron chi connectivity index (χ1n) is 22.2. The minimum atomic E-state index is -0.347. The van der Waals surface area contributed by atoms with Crippen molar-refractivity contribution in [2.45, 2.75) is 24.7 Å². The molecule has 0 N–H and O–H groups in total. The predicted octanol–water partition coefficient (Wildman–Crippen LogP) is 16.3. The van der Waals surface area contributed by atoms with E-state index in [9.17, 15) is 0 Å². The molecule has 1 heteroatoms. The third-order valence-electron chi connectivity index (χ3n) is 14.5. The average molecular weight is 802 g/mol. The fraction of sp³-hybridized carbons (Fsp3) is 0.0645. The van der Waals surface area contributed by atoms with Gasteiger partial charge in [-0.2, -0.15) is 0 Å². The topological polar surface area (TPSA) is 3.24 Å². The molecule has 0 saturated heterocycles. The predicted molar refractivity (Wildman–Crippen MR) is 263 cm³/mol. The van der Waals surface area contributed by atoms with Crippen molar-refractivity contribution in [2.24, 2.45) is 0 Å². The quantitative estimate of drug-likeness (QED) is 0.162. The Morgan fingerprint density at radius 1 is 0.286 bits per heavy atom. The zero-order chi connectivity index (χ0) is 41.9. The van der Waals surface area contributed by atoms with E-state index >= 15 is 0 Å². The van der Waals surface area contributed by atoms with Crippen LogP contribution in [-0.2, 0) is 10.8 Å². The molecule has 3 aliphatic carbocycles. The van der Waals surface area contributed by atoms with Gasteiger partial charge in [-0.05, 0) is 148 Å². The molecule has 0 saturated carbocycles. The lowest BCUT2D eigenvalue weighted by molar-refractivity contribution is 0.660. The second-order valence-electron chi connectivity index (χ2n) is 18.0. The van der Waals surface area contributed by atoms with E-state index in [0.29, 0.717) is 0 Å². The van der Waals surface area contributed by atoms with Crippen LogP contribution in [0.25, 0.3) is 66.4 Å². The third kappa shape index (κ3) is 5.11. The molecule has 0 bridgehead atoms. The van der Waals surface area contributed by atoms with Crippen molar-refractivity contribution in [3.63, 3.8) is 0 Å². The Morgan fingerprint density at radius 3 is 1.41 bits per heavy atom. The number of fused-ring (bicyclic) bond motifs is 10. The second-order valence-corrected chi connectivity index (χ2v) is 18.0. The van der Waals surface area contributed by atoms with Crippen LogP contribution in [-0.4, -0.2) is 0 Å². The minimum absolute atomic E-state index is 0.114. The fourth-order valence-electron chi connectivity index (χ4n) is 11.5. The van der Waals surface area contributed by atoms with Gasteiger partial charge in [0.05, 0.1) is 5.41 Å². The molecule has 296 valence electrons. The van der Waals surface area contributed by atoms with Crippen LogP contribution < -0.4 is 4.90 Å². The maximum Gasteiger partial charge on any atom is 0.0726 e. The summed E-state index contributed by atoms with van der Waals surface area (Å²) in [5.74, 6) is 0. The maximum atomic E-state index is 2.50. The zero-order valence-electron chi connectivity index (χ0n) is 35.3. The summed E-state index contributed by atoms with van der Waals surface area (Å²) in [5.41, 5.74) is 23.8. The highest BCUT2D eigenvalue weighted by atomic mass is 15.1. The summed E-state index contributed by atoms with van der Waals surface area (Å²) >= 11 is 0. The smallest absolute Gasteiger partial charge is 0.0726 e. The molecule has 0 radical (unpaired) electrons. The van der Waals surface area contributed by atoms with E-state index in [1.807, 2.05) is 0 Å². The van der Waals surface area contributed by atoms with Crippen LogP contribution in [0, 0.1) is 0 Å². The largest absolute Gasteiger partial charge is 0.310 e. The third-order valence-corrected chi connectivity index (χ3v) is 14.5. The lowest BCUT2D eigenvalue weighted by Crippen LogP contribution is -2.36. The van der Waals surface area contributed by atoms with Gasteiger partial charge < -0.3 is 4.90 Å². The van der Waals surface area contributed by atoms with E-state index in [-0.39, 0.29) is 10.8 Å². The highest BCUT2D eigenvalue weighted by Gasteiger charge is 2.53. The summed E-state index contributed by atoms with van der Waals surface area (Å²) in [6.07, 6.45) is 0. The van der Waals surface area contributed by atoms with E-state index < -0.39 is 0 Å². The Balaban J connectivity index is 0.963. The standard InChI is InChI=1S/C62H43N/c1-61(2)54-23-10-9-22-50(54)51-35-32-49(39-57(51)61)63(47-30-26-42(27-31-47)40-14-5-3-6-15-40)48-21-11-20-44(36-48)46-29-34-53-52-33-28-45(41-16-7-4-8-17-41)37-58(52)62(59(53)38-46)55-24-12-18-43-19-13-25-56(62)60(43)55/h3-39H,1-2H3. The van der Waals surface area contributed by atoms with Gasteiger partial charge in [0.2, 0.25) is 0 Å². The molecule has 0 aromatic heterocycles. The van der Waals surface area contributed by atoms with Crippen molar-refractivity contribution in [2.75, 3.05) is 4.90 Å². The van der Waals surface area contributed by atoms with E-state index in [1.54, 1.807) is 0 Å². The zero-order valence-corrected chi connectivity index (χ0v) is 35.3. The fourth-order valence-corrected chi connectivity index (χ4v) is 11.5. The Morgan fingerprint density at radius 2 is 0.730 bits per heavy atom. The van der Waals surface area contributed by atoms with Crippen LogP contribution in [0.4, 0.5) is 17.1 Å². The lowest BCUT2D eigenvalue weighted by atomic mass is 9.57. The number of rotatable bonds is 6. The summed E-state index contributed by atoms with van der Waals surface area (Å²) in [6.45, 7) is 4.73. The van der Waals surface area contributed by atoms with Crippen molar-refractivity contribution < 1.29 is 0 Å². The van der Waals surface area contributed by atoms with Gasteiger partial charge in [-0.1, -0.05) is 190 Å². The van der Waals surface area contributed by atoms with Crippen molar-refractivity contribution in [3.05, 3.63) is 258 Å². The first-order valence-corrected chi connectivity index (χ1v) is 22.2. The molecule has 1 nitrogen and oxygen atoms in total. The van der Waals surface area contributed by atoms with Crippen molar-refractivity contribution in [1.29, 1.82) is 0 Å². The van der Waals surface area contributed by atoms with Gasteiger partial charge in [-0.25, -0.2) is 0 Å². The van der Waals surface area contributed by atoms with Gasteiger partial charge in [-0.15, -0.1) is 0 Å². The molecule has 0 atom stereocenters. The molecule has 0 fully saturated rings. The highest BCUT2D eigenvalue weighted by molar-refractivity contribution is 6.05. The molecule has 10 aromatic carbocycles. The SMILES string of the molecule is CC1(C)c2ccccc2-c2ccc(N(c3ccc(-c4ccccc4)cc3)c3cccc(-c4ccc5c(c4)C4(c6cc(-c7ccccc7)ccc6-5)c5cccc6cccc4c56)c3)cc21. The molecule has 0 heterocycles. The van der Waals surface area contributed by atoms with Crippen molar-refractivity contribution in [3.8, 4) is 55.6 Å². The number of anilines is 3. The van der Waals surface area contributed by atoms with Gasteiger partial charge in [0.15, 0.2) is 0 Å². The monoisotopic (exact) mass is 801 g/mol. The van der Waals surface area contributed by atoms with Gasteiger partial charge in [-0.3, -0.25) is 0 Å². The molecular formula is C62H43N. The van der Waals surface area contributed by atoms with E-state index in [4.69, 9.17) is 0 Å². The highest BCUT2D eigenvalue weighted by Crippen LogP contribution is 2.64. The van der Waals surface area contributed by atoms with E-state index in [0.717, 1.165) is 17.1 Å². The molecular weight excluding hydrogens is 759 g/mol. The van der Waals surface area contributed by atoms with Crippen LogP contribution in [0.1, 0.15) is 47.2 Å². The van der Waals surface area contributed by atoms with E-state index in [2.05, 4.69) is 243 Å². The van der Waals surface area contributed by atoms with Crippen LogP contribution >= 0.6 is 0 Å². The molecule has 10 aromatic rings. The van der Waals surface area contributed by atoms with Crippen LogP contribution in [0.3, 0.4) is 0 Å². The summed E-state index contributed by atoms with van der Waals surface area (Å²) in [7, 11) is 0. The number of benzene rings is 10. The average Bonchev–Trinajstić information content (AvgIpc) is 3.77. The number of hydrogen-bond acceptors (Lipinski definition) is 1. The van der Waals surface area contributed by atoms with Gasteiger partial charge in [0.1, 0.15) is 0 Å². The molecule has 13 rings (SSSR count). The summed E-state index contributed by atoms with van der Waals surface area (Å²) in [5, 5.41) is 2.70. The van der Waals surface area contributed by atoms with Crippen molar-refractivity contribution >= 4 is 27.8 Å². The Labute approximate surface area is 369 Å². The summed E-state index contributed by atoms with van der Waals surface area (Å²) < 4.78 is 0. The summed E-state index contributed by atoms with van der Waals surface area (Å²) in [4.78, 5) is 2.44. The van der Waals surface area contributed by atoms with Crippen LogP contribution in [0.15, 0.2) is 224 Å². The Hall–Kier alpha value is -7.74. The van der Waals surface area contributed by atoms with Crippen LogP contribution in [0.2, 0.25) is 0 Å². The molecule has 0 unspecified atom stereocenters. The molecule has 0 aliphatic heterocycles. The normalized spacial score (nSPS) is 14.1. The lowest BCUT2D eigenvalue weighted by Gasteiger charge is -2.43. The first kappa shape index (κ1) is 36.0.